The molecule has 14 heavy (non-hydrogen) atoms. The Morgan fingerprint density at radius 2 is 1.93 bits per heavy atom. The van der Waals surface area contributed by atoms with Gasteiger partial charge in [0.2, 0.25) is 0 Å². The van der Waals surface area contributed by atoms with Gasteiger partial charge in [0.15, 0.2) is 11.5 Å². The van der Waals surface area contributed by atoms with E-state index in [1.165, 1.54) is 5.56 Å². The van der Waals surface area contributed by atoms with E-state index < -0.39 is 0 Å². The number of ether oxygens (including phenoxy) is 2. The molecule has 0 aliphatic carbocycles. The van der Waals surface area contributed by atoms with Gasteiger partial charge < -0.3 is 9.47 Å². The van der Waals surface area contributed by atoms with Gasteiger partial charge in [0.1, 0.15) is 0 Å². The number of fused-ring (bicyclic) bond motifs is 1. The van der Waals surface area contributed by atoms with Crippen LogP contribution in [0.25, 0.3) is 0 Å². The monoisotopic (exact) mass is 256 g/mol. The summed E-state index contributed by atoms with van der Waals surface area (Å²) in [7, 11) is 0. The van der Waals surface area contributed by atoms with Crippen molar-refractivity contribution in [2.24, 2.45) is 0 Å². The lowest BCUT2D eigenvalue weighted by molar-refractivity contribution is 0.297. The number of hydrogen-bond donors (Lipinski definition) is 0. The summed E-state index contributed by atoms with van der Waals surface area (Å²) < 4.78 is 11.1. The molecule has 0 spiro atoms. The molecule has 0 saturated heterocycles. The molecule has 1 heterocycles. The number of rotatable bonds is 1. The molecule has 1 aliphatic rings. The van der Waals surface area contributed by atoms with E-state index in [-0.39, 0.29) is 0 Å². The standard InChI is InChI=1S/C11H13BrO2/c1-8(12)9-3-4-10-11(7-9)14-6-2-5-13-10/h3-4,7-8H,2,5-6H2,1H3. The van der Waals surface area contributed by atoms with Gasteiger partial charge >= 0.3 is 0 Å². The molecule has 1 aromatic carbocycles. The molecule has 1 unspecified atom stereocenters. The molecule has 0 N–H and O–H groups in total. The van der Waals surface area contributed by atoms with E-state index in [0.717, 1.165) is 31.1 Å². The Labute approximate surface area is 92.3 Å². The Morgan fingerprint density at radius 1 is 1.21 bits per heavy atom. The smallest absolute Gasteiger partial charge is 0.161 e. The van der Waals surface area contributed by atoms with Crippen molar-refractivity contribution in [1.29, 1.82) is 0 Å². The Kier molecular flexibility index (Phi) is 2.96. The molecule has 0 saturated carbocycles. The third kappa shape index (κ3) is 2.03. The minimum atomic E-state index is 0.347. The van der Waals surface area contributed by atoms with Gasteiger partial charge in [0.05, 0.1) is 13.2 Å². The van der Waals surface area contributed by atoms with Crippen LogP contribution in [0.2, 0.25) is 0 Å². The Hall–Kier alpha value is -0.700. The first-order valence-electron chi connectivity index (χ1n) is 4.81. The molecule has 1 aliphatic heterocycles. The molecule has 1 aromatic rings. The zero-order chi connectivity index (χ0) is 9.97. The molecule has 1 atom stereocenters. The minimum absolute atomic E-state index is 0.347. The van der Waals surface area contributed by atoms with Crippen molar-refractivity contribution in [2.75, 3.05) is 13.2 Å². The van der Waals surface area contributed by atoms with Gasteiger partial charge in [-0.2, -0.15) is 0 Å². The molecule has 0 radical (unpaired) electrons. The summed E-state index contributed by atoms with van der Waals surface area (Å²) in [4.78, 5) is 0.347. The molecule has 76 valence electrons. The average Bonchev–Trinajstić information content (AvgIpc) is 2.41. The Bertz CT molecular complexity index is 323. The first-order chi connectivity index (χ1) is 6.77. The highest BCUT2D eigenvalue weighted by Gasteiger charge is 2.11. The van der Waals surface area contributed by atoms with Crippen LogP contribution >= 0.6 is 15.9 Å². The Balaban J connectivity index is 2.32. The zero-order valence-corrected chi connectivity index (χ0v) is 9.71. The lowest BCUT2D eigenvalue weighted by Gasteiger charge is -2.10. The summed E-state index contributed by atoms with van der Waals surface area (Å²) in [5.41, 5.74) is 1.22. The van der Waals surface area contributed by atoms with E-state index in [2.05, 4.69) is 28.9 Å². The quantitative estimate of drug-likeness (QED) is 0.718. The fraction of sp³-hybridized carbons (Fsp3) is 0.455. The topological polar surface area (TPSA) is 18.5 Å². The maximum absolute atomic E-state index is 5.59. The largest absolute Gasteiger partial charge is 0.490 e. The second-order valence-electron chi connectivity index (χ2n) is 3.37. The molecule has 0 amide bonds. The van der Waals surface area contributed by atoms with Crippen molar-refractivity contribution in [3.63, 3.8) is 0 Å². The minimum Gasteiger partial charge on any atom is -0.490 e. The van der Waals surface area contributed by atoms with Crippen LogP contribution in [0.3, 0.4) is 0 Å². The van der Waals surface area contributed by atoms with Gasteiger partial charge in [-0.05, 0) is 24.6 Å². The molecule has 3 heteroatoms. The van der Waals surface area contributed by atoms with E-state index >= 15 is 0 Å². The summed E-state index contributed by atoms with van der Waals surface area (Å²) in [5.74, 6) is 1.73. The second-order valence-corrected chi connectivity index (χ2v) is 4.75. The fourth-order valence-electron chi connectivity index (χ4n) is 1.43. The van der Waals surface area contributed by atoms with E-state index in [4.69, 9.17) is 9.47 Å². The van der Waals surface area contributed by atoms with Crippen molar-refractivity contribution in [1.82, 2.24) is 0 Å². The first kappa shape index (κ1) is 9.84. The number of hydrogen-bond acceptors (Lipinski definition) is 2. The summed E-state index contributed by atoms with van der Waals surface area (Å²) in [6.07, 6.45) is 0.952. The lowest BCUT2D eigenvalue weighted by atomic mass is 10.1. The van der Waals surface area contributed by atoms with Gasteiger partial charge in [0, 0.05) is 11.2 Å². The van der Waals surface area contributed by atoms with Crippen molar-refractivity contribution in [3.8, 4) is 11.5 Å². The molecule has 0 fully saturated rings. The van der Waals surface area contributed by atoms with Crippen molar-refractivity contribution < 1.29 is 9.47 Å². The van der Waals surface area contributed by atoms with E-state index in [1.54, 1.807) is 0 Å². The van der Waals surface area contributed by atoms with Gasteiger partial charge in [-0.25, -0.2) is 0 Å². The maximum Gasteiger partial charge on any atom is 0.161 e. The van der Waals surface area contributed by atoms with Crippen molar-refractivity contribution in [3.05, 3.63) is 23.8 Å². The van der Waals surface area contributed by atoms with Crippen LogP contribution in [0, 0.1) is 0 Å². The van der Waals surface area contributed by atoms with E-state index in [9.17, 15) is 0 Å². The van der Waals surface area contributed by atoms with Crippen LogP contribution < -0.4 is 9.47 Å². The van der Waals surface area contributed by atoms with Crippen molar-refractivity contribution in [2.45, 2.75) is 18.2 Å². The normalized spacial score (nSPS) is 17.3. The van der Waals surface area contributed by atoms with Crippen LogP contribution in [-0.2, 0) is 0 Å². The van der Waals surface area contributed by atoms with Crippen LogP contribution in [0.5, 0.6) is 11.5 Å². The zero-order valence-electron chi connectivity index (χ0n) is 8.13. The van der Waals surface area contributed by atoms with Crippen LogP contribution in [0.1, 0.15) is 23.7 Å². The van der Waals surface area contributed by atoms with Gasteiger partial charge in [-0.3, -0.25) is 0 Å². The molecule has 0 bridgehead atoms. The molecule has 2 rings (SSSR count). The average molecular weight is 257 g/mol. The molecule has 2 nitrogen and oxygen atoms in total. The fourth-order valence-corrected chi connectivity index (χ4v) is 1.71. The SMILES string of the molecule is CC(Br)c1ccc2c(c1)OCCCO2. The molecule has 0 aromatic heterocycles. The Morgan fingerprint density at radius 3 is 2.64 bits per heavy atom. The number of benzene rings is 1. The third-order valence-corrected chi connectivity index (χ3v) is 2.76. The summed E-state index contributed by atoms with van der Waals surface area (Å²) >= 11 is 3.53. The van der Waals surface area contributed by atoms with Gasteiger partial charge in [-0.1, -0.05) is 22.0 Å². The maximum atomic E-state index is 5.59. The van der Waals surface area contributed by atoms with Gasteiger partial charge in [0.25, 0.3) is 0 Å². The lowest BCUT2D eigenvalue weighted by Crippen LogP contribution is -1.97. The highest BCUT2D eigenvalue weighted by atomic mass is 79.9. The third-order valence-electron chi connectivity index (χ3n) is 2.23. The predicted molar refractivity (Wildman–Crippen MR) is 59.4 cm³/mol. The number of halogens is 1. The summed E-state index contributed by atoms with van der Waals surface area (Å²) in [5, 5.41) is 0. The number of alkyl halides is 1. The van der Waals surface area contributed by atoms with Gasteiger partial charge in [-0.15, -0.1) is 0 Å². The van der Waals surface area contributed by atoms with Crippen molar-refractivity contribution >= 4 is 15.9 Å². The van der Waals surface area contributed by atoms with Crippen LogP contribution in [-0.4, -0.2) is 13.2 Å². The summed E-state index contributed by atoms with van der Waals surface area (Å²) in [6.45, 7) is 3.59. The van der Waals surface area contributed by atoms with Crippen LogP contribution in [0.15, 0.2) is 18.2 Å². The highest BCUT2D eigenvalue weighted by Crippen LogP contribution is 2.34. The van der Waals surface area contributed by atoms with Crippen LogP contribution in [0.4, 0.5) is 0 Å². The first-order valence-corrected chi connectivity index (χ1v) is 5.72. The second kappa shape index (κ2) is 4.22. The predicted octanol–water partition coefficient (Wildman–Crippen LogP) is 3.30. The molecular weight excluding hydrogens is 244 g/mol. The molecular formula is C11H13BrO2. The van der Waals surface area contributed by atoms with E-state index in [1.807, 2.05) is 12.1 Å². The highest BCUT2D eigenvalue weighted by molar-refractivity contribution is 9.09. The summed E-state index contributed by atoms with van der Waals surface area (Å²) in [6, 6.07) is 6.08. The van der Waals surface area contributed by atoms with E-state index in [0.29, 0.717) is 4.83 Å².